The van der Waals surface area contributed by atoms with Crippen molar-refractivity contribution in [3.63, 3.8) is 0 Å². The highest BCUT2D eigenvalue weighted by molar-refractivity contribution is 6.30. The van der Waals surface area contributed by atoms with Crippen molar-refractivity contribution in [1.29, 1.82) is 0 Å². The van der Waals surface area contributed by atoms with E-state index >= 15 is 0 Å². The van der Waals surface area contributed by atoms with Crippen LogP contribution in [0.4, 0.5) is 5.69 Å². The predicted octanol–water partition coefficient (Wildman–Crippen LogP) is 3.64. The second kappa shape index (κ2) is 8.18. The SMILES string of the molecule is CC(C)N(C(=O)C(CO)Cc1ccc(Cl)cc1)c1ccc(O)cc1. The van der Waals surface area contributed by atoms with Crippen molar-refractivity contribution in [3.8, 4) is 5.75 Å². The number of rotatable bonds is 6. The van der Waals surface area contributed by atoms with E-state index in [9.17, 15) is 15.0 Å². The molecule has 0 aliphatic carbocycles. The third kappa shape index (κ3) is 4.49. The summed E-state index contributed by atoms with van der Waals surface area (Å²) < 4.78 is 0. The first-order chi connectivity index (χ1) is 11.4. The summed E-state index contributed by atoms with van der Waals surface area (Å²) in [7, 11) is 0. The van der Waals surface area contributed by atoms with Gasteiger partial charge in [-0.3, -0.25) is 4.79 Å². The van der Waals surface area contributed by atoms with Crippen LogP contribution in [0.2, 0.25) is 5.02 Å². The number of carbonyl (C=O) groups is 1. The number of hydrogen-bond acceptors (Lipinski definition) is 3. The third-order valence-corrected chi connectivity index (χ3v) is 4.10. The van der Waals surface area contributed by atoms with E-state index < -0.39 is 5.92 Å². The zero-order chi connectivity index (χ0) is 17.7. The second-order valence-corrected chi connectivity index (χ2v) is 6.46. The molecule has 0 aliphatic heterocycles. The van der Waals surface area contributed by atoms with Crippen LogP contribution in [0.3, 0.4) is 0 Å². The van der Waals surface area contributed by atoms with E-state index in [1.807, 2.05) is 26.0 Å². The zero-order valence-corrected chi connectivity index (χ0v) is 14.6. The molecule has 0 heterocycles. The summed E-state index contributed by atoms with van der Waals surface area (Å²) >= 11 is 5.88. The van der Waals surface area contributed by atoms with Crippen LogP contribution in [0.15, 0.2) is 48.5 Å². The van der Waals surface area contributed by atoms with Gasteiger partial charge in [0, 0.05) is 16.8 Å². The van der Waals surface area contributed by atoms with Gasteiger partial charge in [0.25, 0.3) is 0 Å². The summed E-state index contributed by atoms with van der Waals surface area (Å²) in [6.07, 6.45) is 0.438. The fourth-order valence-electron chi connectivity index (χ4n) is 2.62. The number of aliphatic hydroxyl groups is 1. The van der Waals surface area contributed by atoms with Gasteiger partial charge in [0.15, 0.2) is 0 Å². The second-order valence-electron chi connectivity index (χ2n) is 6.03. The van der Waals surface area contributed by atoms with Gasteiger partial charge in [-0.15, -0.1) is 0 Å². The van der Waals surface area contributed by atoms with Gasteiger partial charge in [0.2, 0.25) is 5.91 Å². The first kappa shape index (κ1) is 18.3. The van der Waals surface area contributed by atoms with E-state index in [1.54, 1.807) is 41.3 Å². The number of carbonyl (C=O) groups excluding carboxylic acids is 1. The van der Waals surface area contributed by atoms with Gasteiger partial charge in [0.1, 0.15) is 5.75 Å². The first-order valence-electron chi connectivity index (χ1n) is 7.89. The van der Waals surface area contributed by atoms with Crippen molar-refractivity contribution < 1.29 is 15.0 Å². The van der Waals surface area contributed by atoms with E-state index in [4.69, 9.17) is 11.6 Å². The van der Waals surface area contributed by atoms with Crippen LogP contribution in [-0.2, 0) is 11.2 Å². The fraction of sp³-hybridized carbons (Fsp3) is 0.316. The van der Waals surface area contributed by atoms with Gasteiger partial charge in [-0.2, -0.15) is 0 Å². The molecule has 1 unspecified atom stereocenters. The van der Waals surface area contributed by atoms with E-state index in [0.29, 0.717) is 17.1 Å². The molecule has 0 spiro atoms. The Bertz CT molecular complexity index is 668. The lowest BCUT2D eigenvalue weighted by atomic mass is 9.97. The highest BCUT2D eigenvalue weighted by Crippen LogP contribution is 2.24. The van der Waals surface area contributed by atoms with Crippen molar-refractivity contribution in [2.75, 3.05) is 11.5 Å². The molecule has 0 saturated heterocycles. The Balaban J connectivity index is 2.22. The smallest absolute Gasteiger partial charge is 0.232 e. The average molecular weight is 348 g/mol. The van der Waals surface area contributed by atoms with E-state index in [-0.39, 0.29) is 24.3 Å². The van der Waals surface area contributed by atoms with Crippen molar-refractivity contribution in [2.45, 2.75) is 26.3 Å². The number of amides is 1. The molecular weight excluding hydrogens is 326 g/mol. The molecule has 0 radical (unpaired) electrons. The lowest BCUT2D eigenvalue weighted by Crippen LogP contribution is -2.43. The van der Waals surface area contributed by atoms with Gasteiger partial charge in [-0.25, -0.2) is 0 Å². The number of hydrogen-bond donors (Lipinski definition) is 2. The maximum atomic E-state index is 12.9. The lowest BCUT2D eigenvalue weighted by molar-refractivity contribution is -0.123. The Kier molecular flexibility index (Phi) is 6.23. The van der Waals surface area contributed by atoms with Gasteiger partial charge in [-0.1, -0.05) is 23.7 Å². The molecule has 0 fully saturated rings. The molecule has 4 nitrogen and oxygen atoms in total. The summed E-state index contributed by atoms with van der Waals surface area (Å²) in [6.45, 7) is 3.60. The highest BCUT2D eigenvalue weighted by Gasteiger charge is 2.27. The number of anilines is 1. The van der Waals surface area contributed by atoms with E-state index in [2.05, 4.69) is 0 Å². The molecule has 0 aliphatic rings. The normalized spacial score (nSPS) is 12.2. The highest BCUT2D eigenvalue weighted by atomic mass is 35.5. The number of aliphatic hydroxyl groups excluding tert-OH is 1. The molecule has 0 saturated carbocycles. The average Bonchev–Trinajstić information content (AvgIpc) is 2.56. The summed E-state index contributed by atoms with van der Waals surface area (Å²) in [5.74, 6) is -0.537. The molecule has 1 amide bonds. The maximum absolute atomic E-state index is 12.9. The largest absolute Gasteiger partial charge is 0.508 e. The van der Waals surface area contributed by atoms with Crippen molar-refractivity contribution in [3.05, 3.63) is 59.1 Å². The van der Waals surface area contributed by atoms with Crippen LogP contribution in [0, 0.1) is 5.92 Å². The topological polar surface area (TPSA) is 60.8 Å². The number of halogens is 1. The monoisotopic (exact) mass is 347 g/mol. The van der Waals surface area contributed by atoms with Crippen molar-refractivity contribution >= 4 is 23.2 Å². The number of nitrogens with zero attached hydrogens (tertiary/aromatic N) is 1. The minimum absolute atomic E-state index is 0.0682. The summed E-state index contributed by atoms with van der Waals surface area (Å²) in [5, 5.41) is 19.8. The molecule has 24 heavy (non-hydrogen) atoms. The zero-order valence-electron chi connectivity index (χ0n) is 13.8. The first-order valence-corrected chi connectivity index (χ1v) is 8.27. The predicted molar refractivity (Wildman–Crippen MR) is 96.5 cm³/mol. The number of benzene rings is 2. The van der Waals surface area contributed by atoms with E-state index in [1.165, 1.54) is 0 Å². The maximum Gasteiger partial charge on any atom is 0.232 e. The molecule has 2 rings (SSSR count). The molecule has 0 aromatic heterocycles. The Morgan fingerprint density at radius 2 is 1.67 bits per heavy atom. The summed E-state index contributed by atoms with van der Waals surface area (Å²) in [4.78, 5) is 14.6. The molecule has 1 atom stereocenters. The summed E-state index contributed by atoms with van der Waals surface area (Å²) in [6, 6.07) is 13.7. The molecule has 128 valence electrons. The number of phenolic OH excluding ortho intramolecular Hbond substituents is 1. The van der Waals surface area contributed by atoms with Gasteiger partial charge < -0.3 is 15.1 Å². The van der Waals surface area contributed by atoms with Gasteiger partial charge in [0.05, 0.1) is 12.5 Å². The standard InChI is InChI=1S/C19H22ClNO3/c1-13(2)21(17-7-9-18(23)10-8-17)19(24)15(12-22)11-14-3-5-16(20)6-4-14/h3-10,13,15,22-23H,11-12H2,1-2H3. The number of aromatic hydroxyl groups is 1. The Morgan fingerprint density at radius 3 is 2.17 bits per heavy atom. The van der Waals surface area contributed by atoms with Crippen molar-refractivity contribution in [1.82, 2.24) is 0 Å². The Labute approximate surface area is 147 Å². The van der Waals surface area contributed by atoms with Crippen molar-refractivity contribution in [2.24, 2.45) is 5.92 Å². The van der Waals surface area contributed by atoms with Crippen LogP contribution in [0.25, 0.3) is 0 Å². The van der Waals surface area contributed by atoms with Gasteiger partial charge in [-0.05, 0) is 62.2 Å². The van der Waals surface area contributed by atoms with Crippen LogP contribution in [0.1, 0.15) is 19.4 Å². The number of phenols is 1. The minimum Gasteiger partial charge on any atom is -0.508 e. The molecule has 2 aromatic carbocycles. The summed E-state index contributed by atoms with van der Waals surface area (Å²) in [5.41, 5.74) is 1.64. The molecule has 2 N–H and O–H groups in total. The molecular formula is C19H22ClNO3. The Morgan fingerprint density at radius 1 is 1.08 bits per heavy atom. The quantitative estimate of drug-likeness (QED) is 0.838. The van der Waals surface area contributed by atoms with Crippen LogP contribution < -0.4 is 4.90 Å². The van der Waals surface area contributed by atoms with E-state index in [0.717, 1.165) is 5.56 Å². The van der Waals surface area contributed by atoms with Crippen LogP contribution >= 0.6 is 11.6 Å². The van der Waals surface area contributed by atoms with Crippen LogP contribution in [-0.4, -0.2) is 28.8 Å². The third-order valence-electron chi connectivity index (χ3n) is 3.85. The van der Waals surface area contributed by atoms with Gasteiger partial charge >= 0.3 is 0 Å². The van der Waals surface area contributed by atoms with Crippen LogP contribution in [0.5, 0.6) is 5.75 Å². The molecule has 2 aromatic rings. The Hall–Kier alpha value is -2.04. The fourth-order valence-corrected chi connectivity index (χ4v) is 2.75. The lowest BCUT2D eigenvalue weighted by Gasteiger charge is -2.30. The molecule has 5 heteroatoms. The minimum atomic E-state index is -0.539. The molecule has 0 bridgehead atoms.